The summed E-state index contributed by atoms with van der Waals surface area (Å²) in [6.45, 7) is 0. The van der Waals surface area contributed by atoms with E-state index in [1.165, 1.54) is 29.2 Å². The fourth-order valence-electron chi connectivity index (χ4n) is 1.39. The van der Waals surface area contributed by atoms with E-state index in [0.29, 0.717) is 5.69 Å². The molecule has 78 valence electrons. The first kappa shape index (κ1) is 9.79. The van der Waals surface area contributed by atoms with Gasteiger partial charge in [0.1, 0.15) is 12.8 Å². The number of hydrogen-bond acceptors (Lipinski definition) is 3. The van der Waals surface area contributed by atoms with Gasteiger partial charge in [-0.05, 0) is 17.5 Å². The van der Waals surface area contributed by atoms with Crippen LogP contribution in [0.4, 0.5) is 0 Å². The van der Waals surface area contributed by atoms with Crippen molar-refractivity contribution >= 4 is 17.3 Å². The molecule has 0 amide bonds. The summed E-state index contributed by atoms with van der Waals surface area (Å²) in [6, 6.07) is 5.27. The lowest BCUT2D eigenvalue weighted by Crippen LogP contribution is -2.07. The quantitative estimate of drug-likeness (QED) is 0.865. The molecule has 0 atom stereocenters. The number of hydrogen-bond donors (Lipinski definition) is 1. The van der Waals surface area contributed by atoms with E-state index in [-0.39, 0.29) is 5.56 Å². The number of carboxylic acids is 1. The molecule has 0 bridgehead atoms. The van der Waals surface area contributed by atoms with Crippen LogP contribution in [0.2, 0.25) is 0 Å². The lowest BCUT2D eigenvalue weighted by atomic mass is 10.2. The second kappa shape index (κ2) is 3.78. The van der Waals surface area contributed by atoms with E-state index in [9.17, 15) is 4.79 Å². The molecule has 2 heterocycles. The number of rotatable bonds is 3. The first-order valence-corrected chi connectivity index (χ1v) is 5.15. The van der Waals surface area contributed by atoms with Gasteiger partial charge in [-0.1, -0.05) is 6.07 Å². The smallest absolute Gasteiger partial charge is 0.338 e. The Morgan fingerprint density at radius 2 is 2.33 bits per heavy atom. The summed E-state index contributed by atoms with van der Waals surface area (Å²) in [6.07, 6.45) is 1.60. The molecule has 0 saturated carbocycles. The molecule has 0 aliphatic carbocycles. The monoisotopic (exact) mass is 223 g/mol. The highest BCUT2D eigenvalue weighted by molar-refractivity contribution is 7.13. The van der Waals surface area contributed by atoms with E-state index in [1.807, 2.05) is 17.5 Å². The van der Waals surface area contributed by atoms with Crippen LogP contribution in [0.15, 0.2) is 29.8 Å². The Balaban J connectivity index is 2.61. The molecule has 0 aliphatic heterocycles. The van der Waals surface area contributed by atoms with Crippen molar-refractivity contribution in [2.75, 3.05) is 7.11 Å². The number of carbonyl (C=O) groups is 1. The molecule has 0 aliphatic rings. The molecule has 2 aromatic heterocycles. The minimum absolute atomic E-state index is 0.249. The highest BCUT2D eigenvalue weighted by Gasteiger charge is 2.17. The van der Waals surface area contributed by atoms with Crippen molar-refractivity contribution in [3.05, 3.63) is 35.3 Å². The van der Waals surface area contributed by atoms with Crippen molar-refractivity contribution in [2.45, 2.75) is 0 Å². The maximum Gasteiger partial charge on any atom is 0.338 e. The van der Waals surface area contributed by atoms with Gasteiger partial charge in [0, 0.05) is 6.20 Å². The third kappa shape index (κ3) is 1.61. The van der Waals surface area contributed by atoms with Crippen LogP contribution < -0.4 is 4.84 Å². The normalized spacial score (nSPS) is 10.2. The maximum atomic E-state index is 11.0. The van der Waals surface area contributed by atoms with Crippen LogP contribution in [0.3, 0.4) is 0 Å². The Morgan fingerprint density at radius 1 is 1.53 bits per heavy atom. The van der Waals surface area contributed by atoms with Gasteiger partial charge in [-0.15, -0.1) is 11.3 Å². The van der Waals surface area contributed by atoms with Crippen molar-refractivity contribution in [1.82, 2.24) is 4.73 Å². The van der Waals surface area contributed by atoms with Crippen molar-refractivity contribution in [1.29, 1.82) is 0 Å². The Kier molecular flexibility index (Phi) is 2.47. The summed E-state index contributed by atoms with van der Waals surface area (Å²) in [5.74, 6) is -0.950. The summed E-state index contributed by atoms with van der Waals surface area (Å²) in [5, 5.41) is 10.9. The number of aromatic nitrogens is 1. The zero-order valence-electron chi connectivity index (χ0n) is 8.01. The Morgan fingerprint density at radius 3 is 2.87 bits per heavy atom. The second-order valence-corrected chi connectivity index (χ2v) is 3.82. The van der Waals surface area contributed by atoms with E-state index in [1.54, 1.807) is 6.20 Å². The van der Waals surface area contributed by atoms with Crippen LogP contribution in [0.1, 0.15) is 10.4 Å². The minimum atomic E-state index is -0.950. The van der Waals surface area contributed by atoms with Crippen molar-refractivity contribution in [2.24, 2.45) is 0 Å². The van der Waals surface area contributed by atoms with Crippen molar-refractivity contribution in [3.63, 3.8) is 0 Å². The van der Waals surface area contributed by atoms with Crippen LogP contribution >= 0.6 is 11.3 Å². The number of aromatic carboxylic acids is 1. The van der Waals surface area contributed by atoms with Gasteiger partial charge in [0.2, 0.25) is 0 Å². The lowest BCUT2D eigenvalue weighted by Gasteiger charge is -2.05. The maximum absolute atomic E-state index is 11.0. The molecule has 0 spiro atoms. The van der Waals surface area contributed by atoms with Crippen LogP contribution in [0.5, 0.6) is 0 Å². The second-order valence-electron chi connectivity index (χ2n) is 2.87. The van der Waals surface area contributed by atoms with Gasteiger partial charge < -0.3 is 9.94 Å². The molecule has 4 nitrogen and oxygen atoms in total. The average Bonchev–Trinajstić information content (AvgIpc) is 2.85. The molecule has 0 fully saturated rings. The molecule has 2 aromatic rings. The highest BCUT2D eigenvalue weighted by Crippen LogP contribution is 2.28. The predicted octanol–water partition coefficient (Wildman–Crippen LogP) is 1.97. The van der Waals surface area contributed by atoms with Crippen LogP contribution in [-0.4, -0.2) is 22.9 Å². The van der Waals surface area contributed by atoms with Gasteiger partial charge in [-0.3, -0.25) is 0 Å². The molecule has 15 heavy (non-hydrogen) atoms. The minimum Gasteiger partial charge on any atom is -0.478 e. The highest BCUT2D eigenvalue weighted by atomic mass is 32.1. The largest absolute Gasteiger partial charge is 0.478 e. The van der Waals surface area contributed by atoms with Gasteiger partial charge in [0.15, 0.2) is 0 Å². The average molecular weight is 223 g/mol. The Labute approximate surface area is 90.3 Å². The molecule has 1 N–H and O–H groups in total. The van der Waals surface area contributed by atoms with Gasteiger partial charge in [-0.2, -0.15) is 4.73 Å². The summed E-state index contributed by atoms with van der Waals surface area (Å²) in [7, 11) is 1.50. The first-order valence-electron chi connectivity index (χ1n) is 4.27. The number of carboxylic acid groups (broad SMARTS) is 1. The standard InChI is InChI=1S/C10H9NO3S/c1-14-11-5-4-7(10(12)13)9(11)8-3-2-6-15-8/h2-6H,1H3,(H,12,13). The van der Waals surface area contributed by atoms with Crippen LogP contribution in [-0.2, 0) is 0 Å². The fourth-order valence-corrected chi connectivity index (χ4v) is 2.17. The zero-order valence-corrected chi connectivity index (χ0v) is 8.82. The van der Waals surface area contributed by atoms with E-state index < -0.39 is 5.97 Å². The zero-order chi connectivity index (χ0) is 10.8. The van der Waals surface area contributed by atoms with E-state index in [0.717, 1.165) is 4.88 Å². The number of thiophene rings is 1. The molecule has 5 heteroatoms. The van der Waals surface area contributed by atoms with Crippen LogP contribution in [0, 0.1) is 0 Å². The van der Waals surface area contributed by atoms with E-state index in [4.69, 9.17) is 9.94 Å². The third-order valence-corrected chi connectivity index (χ3v) is 2.91. The summed E-state index contributed by atoms with van der Waals surface area (Å²) in [5.41, 5.74) is 0.833. The third-order valence-electron chi connectivity index (χ3n) is 2.03. The van der Waals surface area contributed by atoms with E-state index in [2.05, 4.69) is 0 Å². The van der Waals surface area contributed by atoms with Crippen LogP contribution in [0.25, 0.3) is 10.6 Å². The molecular weight excluding hydrogens is 214 g/mol. The predicted molar refractivity (Wildman–Crippen MR) is 57.2 cm³/mol. The SMILES string of the molecule is COn1ccc(C(=O)O)c1-c1cccs1. The molecule has 0 aromatic carbocycles. The molecule has 0 radical (unpaired) electrons. The molecule has 2 rings (SSSR count). The van der Waals surface area contributed by atoms with Gasteiger partial charge in [0.05, 0.1) is 10.4 Å². The molecular formula is C10H9NO3S. The van der Waals surface area contributed by atoms with E-state index >= 15 is 0 Å². The topological polar surface area (TPSA) is 51.5 Å². The Hall–Kier alpha value is -1.75. The van der Waals surface area contributed by atoms with Gasteiger partial charge in [-0.25, -0.2) is 4.79 Å². The summed E-state index contributed by atoms with van der Waals surface area (Å²) < 4.78 is 1.45. The van der Waals surface area contributed by atoms with Crippen molar-refractivity contribution in [3.8, 4) is 10.6 Å². The number of nitrogens with zero attached hydrogens (tertiary/aromatic N) is 1. The summed E-state index contributed by atoms with van der Waals surface area (Å²) in [4.78, 5) is 16.9. The lowest BCUT2D eigenvalue weighted by molar-refractivity contribution is 0.0696. The van der Waals surface area contributed by atoms with Gasteiger partial charge in [0.25, 0.3) is 0 Å². The van der Waals surface area contributed by atoms with Crippen molar-refractivity contribution < 1.29 is 14.7 Å². The fraction of sp³-hybridized carbons (Fsp3) is 0.100. The first-order chi connectivity index (χ1) is 7.24. The molecule has 0 unspecified atom stereocenters. The molecule has 0 saturated heterocycles. The summed E-state index contributed by atoms with van der Waals surface area (Å²) >= 11 is 1.48. The Bertz CT molecular complexity index is 473. The van der Waals surface area contributed by atoms with Gasteiger partial charge >= 0.3 is 5.97 Å².